The van der Waals surface area contributed by atoms with Crippen LogP contribution in [0.3, 0.4) is 0 Å². The number of thiocarbonyl (C=S) groups is 1. The van der Waals surface area contributed by atoms with E-state index in [9.17, 15) is 4.79 Å². The predicted octanol–water partition coefficient (Wildman–Crippen LogP) is 4.06. The highest BCUT2D eigenvalue weighted by atomic mass is 79.9. The van der Waals surface area contributed by atoms with Crippen LogP contribution in [0.4, 0.5) is 11.4 Å². The quantitative estimate of drug-likeness (QED) is 0.632. The SMILES string of the molecule is Cc1c(NC(=S)Nc2ccccc2Br)c(=O)n(-c2ccccc2)n1C. The fourth-order valence-corrected chi connectivity index (χ4v) is 3.14. The number of benzene rings is 2. The van der Waals surface area contributed by atoms with Crippen LogP contribution in [-0.4, -0.2) is 14.5 Å². The van der Waals surface area contributed by atoms with Crippen LogP contribution in [0.1, 0.15) is 5.69 Å². The van der Waals surface area contributed by atoms with Crippen molar-refractivity contribution in [2.24, 2.45) is 7.05 Å². The fourth-order valence-electron chi connectivity index (χ4n) is 2.54. The summed E-state index contributed by atoms with van der Waals surface area (Å²) >= 11 is 8.83. The normalized spacial score (nSPS) is 10.5. The Morgan fingerprint density at radius 2 is 1.68 bits per heavy atom. The van der Waals surface area contributed by atoms with E-state index in [0.717, 1.165) is 21.5 Å². The lowest BCUT2D eigenvalue weighted by molar-refractivity contribution is 0.630. The van der Waals surface area contributed by atoms with Crippen LogP contribution >= 0.6 is 28.1 Å². The van der Waals surface area contributed by atoms with Crippen molar-refractivity contribution in [3.05, 3.63) is 75.1 Å². The molecule has 2 aromatic carbocycles. The Hall–Kier alpha value is -2.38. The molecule has 3 rings (SSSR count). The molecule has 0 saturated heterocycles. The summed E-state index contributed by atoms with van der Waals surface area (Å²) in [5.74, 6) is 0. The molecule has 7 heteroatoms. The van der Waals surface area contributed by atoms with Crippen molar-refractivity contribution in [1.82, 2.24) is 9.36 Å². The molecule has 1 aromatic heterocycles. The molecule has 0 aliphatic heterocycles. The standard InChI is InChI=1S/C18H17BrN4OS/c1-12-16(21-18(25)20-15-11-7-6-10-14(15)19)17(24)23(22(12)2)13-8-4-3-5-9-13/h3-11H,1-2H3,(H2,20,21,25). The minimum Gasteiger partial charge on any atom is -0.332 e. The van der Waals surface area contributed by atoms with Gasteiger partial charge in [-0.3, -0.25) is 9.48 Å². The van der Waals surface area contributed by atoms with E-state index < -0.39 is 0 Å². The van der Waals surface area contributed by atoms with Gasteiger partial charge in [-0.15, -0.1) is 0 Å². The summed E-state index contributed by atoms with van der Waals surface area (Å²) in [5.41, 5.74) is 2.73. The lowest BCUT2D eigenvalue weighted by Crippen LogP contribution is -2.25. The molecule has 0 spiro atoms. The third-order valence-electron chi connectivity index (χ3n) is 3.91. The molecule has 128 valence electrons. The van der Waals surface area contributed by atoms with E-state index >= 15 is 0 Å². The molecule has 0 radical (unpaired) electrons. The van der Waals surface area contributed by atoms with Crippen molar-refractivity contribution < 1.29 is 0 Å². The molecule has 0 saturated carbocycles. The Balaban J connectivity index is 1.90. The molecular formula is C18H17BrN4OS. The Labute approximate surface area is 159 Å². The molecule has 0 amide bonds. The Morgan fingerprint density at radius 3 is 2.36 bits per heavy atom. The van der Waals surface area contributed by atoms with E-state index in [1.54, 1.807) is 9.36 Å². The largest absolute Gasteiger partial charge is 0.332 e. The molecule has 0 fully saturated rings. The highest BCUT2D eigenvalue weighted by molar-refractivity contribution is 9.10. The van der Waals surface area contributed by atoms with Gasteiger partial charge in [-0.1, -0.05) is 30.3 Å². The minimum absolute atomic E-state index is 0.150. The van der Waals surface area contributed by atoms with Crippen molar-refractivity contribution in [2.75, 3.05) is 10.6 Å². The zero-order valence-electron chi connectivity index (χ0n) is 13.8. The van der Waals surface area contributed by atoms with Gasteiger partial charge in [0.15, 0.2) is 5.11 Å². The number of hydrogen-bond donors (Lipinski definition) is 2. The highest BCUT2D eigenvalue weighted by Crippen LogP contribution is 2.21. The molecule has 2 N–H and O–H groups in total. The predicted molar refractivity (Wildman–Crippen MR) is 110 cm³/mol. The maximum absolute atomic E-state index is 12.8. The van der Waals surface area contributed by atoms with Crippen LogP contribution < -0.4 is 16.2 Å². The van der Waals surface area contributed by atoms with Gasteiger partial charge in [0.25, 0.3) is 5.56 Å². The summed E-state index contributed by atoms with van der Waals surface area (Å²) in [5, 5.41) is 6.49. The average Bonchev–Trinajstić information content (AvgIpc) is 2.81. The van der Waals surface area contributed by atoms with Crippen LogP contribution in [0.2, 0.25) is 0 Å². The van der Waals surface area contributed by atoms with Crippen molar-refractivity contribution in [1.29, 1.82) is 0 Å². The van der Waals surface area contributed by atoms with Gasteiger partial charge in [0.2, 0.25) is 0 Å². The summed E-state index contributed by atoms with van der Waals surface area (Å²) in [6.45, 7) is 1.88. The average molecular weight is 417 g/mol. The summed E-state index contributed by atoms with van der Waals surface area (Å²) in [6.07, 6.45) is 0. The second-order valence-corrected chi connectivity index (χ2v) is 6.76. The first-order valence-corrected chi connectivity index (χ1v) is 8.85. The third-order valence-corrected chi connectivity index (χ3v) is 4.81. The summed E-state index contributed by atoms with van der Waals surface area (Å²) in [6, 6.07) is 17.1. The van der Waals surface area contributed by atoms with Crippen LogP contribution in [0.25, 0.3) is 5.69 Å². The molecule has 25 heavy (non-hydrogen) atoms. The van der Waals surface area contributed by atoms with E-state index in [1.807, 2.05) is 68.6 Å². The van der Waals surface area contributed by atoms with E-state index in [0.29, 0.717) is 10.8 Å². The summed E-state index contributed by atoms with van der Waals surface area (Å²) in [7, 11) is 1.85. The number of halogens is 1. The Kier molecular flexibility index (Phi) is 5.06. The third kappa shape index (κ3) is 3.52. The zero-order chi connectivity index (χ0) is 18.0. The molecule has 0 unspecified atom stereocenters. The first kappa shape index (κ1) is 17.4. The topological polar surface area (TPSA) is 51.0 Å². The summed E-state index contributed by atoms with van der Waals surface area (Å²) < 4.78 is 4.31. The fraction of sp³-hybridized carbons (Fsp3) is 0.111. The Bertz CT molecular complexity index is 978. The van der Waals surface area contributed by atoms with Crippen LogP contribution in [0.5, 0.6) is 0 Å². The van der Waals surface area contributed by atoms with Gasteiger partial charge in [0, 0.05) is 11.5 Å². The molecule has 0 aliphatic rings. The molecule has 0 aliphatic carbocycles. The van der Waals surface area contributed by atoms with Crippen LogP contribution in [-0.2, 0) is 7.05 Å². The molecule has 0 atom stereocenters. The van der Waals surface area contributed by atoms with Gasteiger partial charge in [-0.25, -0.2) is 4.68 Å². The number of anilines is 2. The molecule has 5 nitrogen and oxygen atoms in total. The van der Waals surface area contributed by atoms with Crippen LogP contribution in [0, 0.1) is 6.92 Å². The van der Waals surface area contributed by atoms with Crippen LogP contribution in [0.15, 0.2) is 63.9 Å². The maximum Gasteiger partial charge on any atom is 0.295 e. The summed E-state index contributed by atoms with van der Waals surface area (Å²) in [4.78, 5) is 12.8. The lowest BCUT2D eigenvalue weighted by Gasteiger charge is -2.10. The highest BCUT2D eigenvalue weighted by Gasteiger charge is 2.17. The number of nitrogens with zero attached hydrogens (tertiary/aromatic N) is 2. The Morgan fingerprint density at radius 1 is 1.04 bits per heavy atom. The van der Waals surface area contributed by atoms with Crippen molar-refractivity contribution in [3.63, 3.8) is 0 Å². The second kappa shape index (κ2) is 7.25. The molecular weight excluding hydrogens is 400 g/mol. The monoisotopic (exact) mass is 416 g/mol. The van der Waals surface area contributed by atoms with Gasteiger partial charge >= 0.3 is 0 Å². The van der Waals surface area contributed by atoms with Gasteiger partial charge in [-0.05, 0) is 59.3 Å². The zero-order valence-corrected chi connectivity index (χ0v) is 16.2. The second-order valence-electron chi connectivity index (χ2n) is 5.50. The van der Waals surface area contributed by atoms with E-state index in [4.69, 9.17) is 12.2 Å². The smallest absolute Gasteiger partial charge is 0.295 e. The van der Waals surface area contributed by atoms with E-state index in [-0.39, 0.29) is 5.56 Å². The van der Waals surface area contributed by atoms with Crippen molar-refractivity contribution >= 4 is 44.6 Å². The first-order valence-electron chi connectivity index (χ1n) is 7.65. The number of nitrogens with one attached hydrogen (secondary N) is 2. The lowest BCUT2D eigenvalue weighted by atomic mass is 10.3. The number of para-hydroxylation sites is 2. The minimum atomic E-state index is -0.150. The molecule has 0 bridgehead atoms. The molecule has 3 aromatic rings. The van der Waals surface area contributed by atoms with Gasteiger partial charge in [0.05, 0.1) is 17.1 Å². The van der Waals surface area contributed by atoms with E-state index in [1.165, 1.54) is 0 Å². The first-order chi connectivity index (χ1) is 12.0. The van der Waals surface area contributed by atoms with Crippen molar-refractivity contribution in [3.8, 4) is 5.69 Å². The number of aromatic nitrogens is 2. The molecule has 1 heterocycles. The van der Waals surface area contributed by atoms with E-state index in [2.05, 4.69) is 26.6 Å². The number of hydrogen-bond acceptors (Lipinski definition) is 2. The van der Waals surface area contributed by atoms with Gasteiger partial charge < -0.3 is 10.6 Å². The van der Waals surface area contributed by atoms with Gasteiger partial charge in [0.1, 0.15) is 5.69 Å². The maximum atomic E-state index is 12.8. The van der Waals surface area contributed by atoms with Crippen molar-refractivity contribution in [2.45, 2.75) is 6.92 Å². The van der Waals surface area contributed by atoms with Gasteiger partial charge in [-0.2, -0.15) is 0 Å². The number of rotatable bonds is 3.